The summed E-state index contributed by atoms with van der Waals surface area (Å²) in [6.07, 6.45) is 1.86. The van der Waals surface area contributed by atoms with Crippen LogP contribution < -0.4 is 4.74 Å². The lowest BCUT2D eigenvalue weighted by atomic mass is 10.0. The molecule has 34 heavy (non-hydrogen) atoms. The fourth-order valence-corrected chi connectivity index (χ4v) is 3.67. The van der Waals surface area contributed by atoms with Crippen molar-refractivity contribution in [1.29, 1.82) is 0 Å². The number of nitrogens with zero attached hydrogens (tertiary/aromatic N) is 3. The molecule has 11 heteroatoms. The Bertz CT molecular complexity index is 1260. The van der Waals surface area contributed by atoms with Crippen LogP contribution in [0.1, 0.15) is 34.1 Å². The Hall–Kier alpha value is -4.18. The molecule has 174 valence electrons. The van der Waals surface area contributed by atoms with Crippen molar-refractivity contribution in [2.24, 2.45) is 5.10 Å². The van der Waals surface area contributed by atoms with E-state index in [2.05, 4.69) is 5.10 Å². The Kier molecular flexibility index (Phi) is 6.60. The molecule has 0 fully saturated rings. The minimum absolute atomic E-state index is 0.120. The molecule has 10 nitrogen and oxygen atoms in total. The second-order valence-electron chi connectivity index (χ2n) is 7.24. The van der Waals surface area contributed by atoms with Gasteiger partial charge in [0, 0.05) is 17.5 Å². The highest BCUT2D eigenvalue weighted by Crippen LogP contribution is 2.33. The van der Waals surface area contributed by atoms with Crippen molar-refractivity contribution < 1.29 is 28.4 Å². The number of nitro groups is 1. The number of rotatable bonds is 7. The molecule has 0 saturated carbocycles. The molecule has 4 rings (SSSR count). The molecule has 1 aliphatic rings. The molecule has 0 spiro atoms. The van der Waals surface area contributed by atoms with E-state index in [9.17, 15) is 19.7 Å². The average Bonchev–Trinajstić information content (AvgIpc) is 3.52. The van der Waals surface area contributed by atoms with E-state index in [1.165, 1.54) is 17.3 Å². The number of carbonyl (C=O) groups excluding carboxylic acids is 2. The molecule has 0 unspecified atom stereocenters. The summed E-state index contributed by atoms with van der Waals surface area (Å²) in [7, 11) is 1.56. The maximum absolute atomic E-state index is 13.0. The van der Waals surface area contributed by atoms with Gasteiger partial charge in [-0.25, -0.2) is 9.80 Å². The summed E-state index contributed by atoms with van der Waals surface area (Å²) >= 11 is 5.86. The number of hydrazone groups is 1. The van der Waals surface area contributed by atoms with Crippen LogP contribution in [0.15, 0.2) is 70.4 Å². The fourth-order valence-electron chi connectivity index (χ4n) is 3.50. The number of ether oxygens (including phenoxy) is 2. The van der Waals surface area contributed by atoms with Gasteiger partial charge in [-0.2, -0.15) is 5.10 Å². The first-order valence-electron chi connectivity index (χ1n) is 10.1. The second kappa shape index (κ2) is 9.75. The van der Waals surface area contributed by atoms with Gasteiger partial charge in [0.05, 0.1) is 24.0 Å². The summed E-state index contributed by atoms with van der Waals surface area (Å²) in [5.74, 6) is -0.476. The summed E-state index contributed by atoms with van der Waals surface area (Å²) in [5, 5.41) is 17.0. The SMILES string of the molecule is COc1ccc(C2=NN(C(=O)COC(=O)c3cc(Cl)ccc3[N+](=O)[O-])[C@H](c3ccco3)C2)cc1. The van der Waals surface area contributed by atoms with E-state index in [-0.39, 0.29) is 10.6 Å². The van der Waals surface area contributed by atoms with Crippen LogP contribution in [-0.4, -0.2) is 41.2 Å². The lowest BCUT2D eigenvalue weighted by Gasteiger charge is -2.19. The van der Waals surface area contributed by atoms with Crippen molar-refractivity contribution in [3.63, 3.8) is 0 Å². The lowest BCUT2D eigenvalue weighted by molar-refractivity contribution is -0.385. The maximum atomic E-state index is 13.0. The number of methoxy groups -OCH3 is 1. The number of nitro benzene ring substituents is 1. The third kappa shape index (κ3) is 4.76. The van der Waals surface area contributed by atoms with Gasteiger partial charge in [0.15, 0.2) is 6.61 Å². The average molecular weight is 484 g/mol. The molecular formula is C23H18ClN3O7. The number of halogens is 1. The van der Waals surface area contributed by atoms with E-state index in [1.807, 2.05) is 12.1 Å². The lowest BCUT2D eigenvalue weighted by Crippen LogP contribution is -2.31. The van der Waals surface area contributed by atoms with E-state index in [0.717, 1.165) is 17.7 Å². The van der Waals surface area contributed by atoms with Crippen LogP contribution in [0, 0.1) is 10.1 Å². The molecule has 0 aliphatic carbocycles. The van der Waals surface area contributed by atoms with Crippen molar-refractivity contribution in [3.8, 4) is 5.75 Å². The monoisotopic (exact) mass is 483 g/mol. The molecule has 1 aliphatic heterocycles. The molecule has 1 aromatic heterocycles. The molecule has 1 atom stereocenters. The predicted octanol–water partition coefficient (Wildman–Crippen LogP) is 4.38. The van der Waals surface area contributed by atoms with Gasteiger partial charge in [0.25, 0.3) is 11.6 Å². The van der Waals surface area contributed by atoms with Crippen LogP contribution in [-0.2, 0) is 9.53 Å². The van der Waals surface area contributed by atoms with Gasteiger partial charge in [-0.05, 0) is 54.1 Å². The second-order valence-corrected chi connectivity index (χ2v) is 7.68. The van der Waals surface area contributed by atoms with Gasteiger partial charge in [-0.3, -0.25) is 14.9 Å². The van der Waals surface area contributed by atoms with Crippen molar-refractivity contribution in [2.75, 3.05) is 13.7 Å². The van der Waals surface area contributed by atoms with Crippen LogP contribution in [0.5, 0.6) is 5.75 Å². The van der Waals surface area contributed by atoms with Gasteiger partial charge < -0.3 is 13.9 Å². The molecular weight excluding hydrogens is 466 g/mol. The molecule has 0 saturated heterocycles. The van der Waals surface area contributed by atoms with E-state index < -0.39 is 35.1 Å². The zero-order chi connectivity index (χ0) is 24.2. The minimum atomic E-state index is -1.05. The topological polar surface area (TPSA) is 124 Å². The van der Waals surface area contributed by atoms with E-state index in [4.69, 9.17) is 25.5 Å². The van der Waals surface area contributed by atoms with Crippen LogP contribution in [0.3, 0.4) is 0 Å². The Balaban J connectivity index is 1.54. The molecule has 1 amide bonds. The van der Waals surface area contributed by atoms with Crippen molar-refractivity contribution in [1.82, 2.24) is 5.01 Å². The van der Waals surface area contributed by atoms with Gasteiger partial charge >= 0.3 is 5.97 Å². The summed E-state index contributed by atoms with van der Waals surface area (Å²) in [5.41, 5.74) is 0.599. The summed E-state index contributed by atoms with van der Waals surface area (Å²) in [6, 6.07) is 13.6. The summed E-state index contributed by atoms with van der Waals surface area (Å²) < 4.78 is 15.7. The first-order chi connectivity index (χ1) is 16.4. The third-order valence-corrected chi connectivity index (χ3v) is 5.40. The molecule has 2 heterocycles. The number of benzene rings is 2. The van der Waals surface area contributed by atoms with Crippen LogP contribution in [0.2, 0.25) is 5.02 Å². The summed E-state index contributed by atoms with van der Waals surface area (Å²) in [6.45, 7) is -0.681. The van der Waals surface area contributed by atoms with Gasteiger partial charge in [-0.15, -0.1) is 0 Å². The van der Waals surface area contributed by atoms with E-state index in [0.29, 0.717) is 23.6 Å². The largest absolute Gasteiger partial charge is 0.497 e. The van der Waals surface area contributed by atoms with Crippen LogP contribution >= 0.6 is 11.6 Å². The molecule has 0 N–H and O–H groups in total. The van der Waals surface area contributed by atoms with Gasteiger partial charge in [0.1, 0.15) is 23.1 Å². The maximum Gasteiger partial charge on any atom is 0.345 e. The number of esters is 1. The normalized spacial score (nSPS) is 15.1. The Morgan fingerprint density at radius 2 is 2.00 bits per heavy atom. The van der Waals surface area contributed by atoms with Gasteiger partial charge in [-0.1, -0.05) is 11.6 Å². The Morgan fingerprint density at radius 1 is 1.24 bits per heavy atom. The Morgan fingerprint density at radius 3 is 2.65 bits per heavy atom. The fraction of sp³-hybridized carbons (Fsp3) is 0.174. The number of amides is 1. The van der Waals surface area contributed by atoms with Crippen molar-refractivity contribution >= 4 is 34.9 Å². The highest BCUT2D eigenvalue weighted by molar-refractivity contribution is 6.31. The van der Waals surface area contributed by atoms with Gasteiger partial charge in [0.2, 0.25) is 0 Å². The molecule has 2 aromatic carbocycles. The number of carbonyl (C=O) groups is 2. The third-order valence-electron chi connectivity index (χ3n) is 5.16. The Labute approximate surface area is 198 Å². The smallest absolute Gasteiger partial charge is 0.345 e. The minimum Gasteiger partial charge on any atom is -0.497 e. The molecule has 3 aromatic rings. The number of hydrogen-bond acceptors (Lipinski definition) is 8. The standard InChI is InChI=1S/C23H18ClN3O7/c1-32-16-7-4-14(5-8-16)18-12-20(21-3-2-10-33-21)26(25-18)22(28)13-34-23(29)17-11-15(24)6-9-19(17)27(30)31/h2-11,20H,12-13H2,1H3/t20-/m0/s1. The van der Waals surface area contributed by atoms with Crippen LogP contribution in [0.4, 0.5) is 5.69 Å². The van der Waals surface area contributed by atoms with Crippen molar-refractivity contribution in [3.05, 3.63) is 92.9 Å². The predicted molar refractivity (Wildman–Crippen MR) is 121 cm³/mol. The highest BCUT2D eigenvalue weighted by atomic mass is 35.5. The van der Waals surface area contributed by atoms with E-state index in [1.54, 1.807) is 31.4 Å². The number of hydrogen-bond donors (Lipinski definition) is 0. The molecule has 0 radical (unpaired) electrons. The first kappa shape index (κ1) is 23.0. The zero-order valence-electron chi connectivity index (χ0n) is 17.8. The quantitative estimate of drug-likeness (QED) is 0.277. The van der Waals surface area contributed by atoms with Crippen molar-refractivity contribution in [2.45, 2.75) is 12.5 Å². The zero-order valence-corrected chi connectivity index (χ0v) is 18.6. The first-order valence-corrected chi connectivity index (χ1v) is 10.4. The highest BCUT2D eigenvalue weighted by Gasteiger charge is 2.35. The van der Waals surface area contributed by atoms with Crippen LogP contribution in [0.25, 0.3) is 0 Å². The summed E-state index contributed by atoms with van der Waals surface area (Å²) in [4.78, 5) is 35.9. The number of furan rings is 1. The van der Waals surface area contributed by atoms with E-state index >= 15 is 0 Å². The molecule has 0 bridgehead atoms.